The first-order valence-electron chi connectivity index (χ1n) is 7.58. The topological polar surface area (TPSA) is 66.4 Å². The van der Waals surface area contributed by atoms with Gasteiger partial charge < -0.3 is 15.2 Å². The molecule has 0 fully saturated rings. The van der Waals surface area contributed by atoms with Crippen LogP contribution in [0.1, 0.15) is 61.4 Å². The van der Waals surface area contributed by atoms with Crippen LogP contribution in [0, 0.1) is 6.92 Å². The Bertz CT molecular complexity index is 483. The van der Waals surface area contributed by atoms with Crippen molar-refractivity contribution in [2.24, 2.45) is 0 Å². The molecule has 2 N–H and O–H groups in total. The highest BCUT2D eigenvalue weighted by atomic mass is 16.3. The van der Waals surface area contributed by atoms with E-state index in [1.807, 2.05) is 0 Å². The molecule has 1 aromatic carbocycles. The fourth-order valence-electron chi connectivity index (χ4n) is 2.17. The van der Waals surface area contributed by atoms with Crippen LogP contribution in [0.3, 0.4) is 0 Å². The van der Waals surface area contributed by atoms with Crippen LogP contribution < -0.4 is 5.32 Å². The number of nitrogens with one attached hydrogen (secondary N) is 1. The lowest BCUT2D eigenvalue weighted by molar-refractivity contribution is -0.117. The predicted octanol–water partition coefficient (Wildman–Crippen LogP) is 3.36. The van der Waals surface area contributed by atoms with E-state index in [0.29, 0.717) is 24.1 Å². The predicted molar refractivity (Wildman–Crippen MR) is 83.6 cm³/mol. The zero-order valence-electron chi connectivity index (χ0n) is 12.9. The summed E-state index contributed by atoms with van der Waals surface area (Å²) in [6, 6.07) is 5.16. The van der Waals surface area contributed by atoms with Gasteiger partial charge in [-0.15, -0.1) is 0 Å². The molecule has 0 heterocycles. The maximum Gasteiger partial charge on any atom is 0.255 e. The lowest BCUT2D eigenvalue weighted by Gasteiger charge is -2.08. The van der Waals surface area contributed by atoms with Crippen molar-refractivity contribution in [2.45, 2.75) is 52.4 Å². The number of carbonyl (C=O) groups is 2. The van der Waals surface area contributed by atoms with Gasteiger partial charge in [0.05, 0.1) is 5.56 Å². The lowest BCUT2D eigenvalue weighted by Crippen LogP contribution is -2.24. The van der Waals surface area contributed by atoms with E-state index in [4.69, 9.17) is 0 Å². The van der Waals surface area contributed by atoms with Crippen molar-refractivity contribution in [3.05, 3.63) is 29.3 Å². The number of rotatable bonds is 9. The summed E-state index contributed by atoms with van der Waals surface area (Å²) < 4.78 is 0. The van der Waals surface area contributed by atoms with Crippen molar-refractivity contribution in [1.82, 2.24) is 5.32 Å². The molecule has 0 radical (unpaired) electrons. The monoisotopic (exact) mass is 291 g/mol. The van der Waals surface area contributed by atoms with Crippen LogP contribution in [0.25, 0.3) is 0 Å². The summed E-state index contributed by atoms with van der Waals surface area (Å²) >= 11 is 0. The first kappa shape index (κ1) is 17.2. The van der Waals surface area contributed by atoms with E-state index in [2.05, 4.69) is 5.32 Å². The lowest BCUT2D eigenvalue weighted by atomic mass is 10.1. The molecule has 0 saturated carbocycles. The van der Waals surface area contributed by atoms with E-state index < -0.39 is 0 Å². The fraction of sp³-hybridized carbons (Fsp3) is 0.529. The summed E-state index contributed by atoms with van der Waals surface area (Å²) in [4.78, 5) is 22.7. The number of aromatic hydroxyl groups is 1. The second-order valence-electron chi connectivity index (χ2n) is 5.45. The second-order valence-corrected chi connectivity index (χ2v) is 5.45. The summed E-state index contributed by atoms with van der Waals surface area (Å²) in [6.07, 6.45) is 5.73. The van der Waals surface area contributed by atoms with Crippen molar-refractivity contribution in [3.8, 4) is 5.75 Å². The molecule has 0 saturated heterocycles. The Labute approximate surface area is 126 Å². The minimum atomic E-state index is -0.229. The summed E-state index contributed by atoms with van der Waals surface area (Å²) in [5.41, 5.74) is 1.03. The van der Waals surface area contributed by atoms with E-state index in [9.17, 15) is 14.7 Å². The van der Waals surface area contributed by atoms with E-state index in [-0.39, 0.29) is 17.4 Å². The van der Waals surface area contributed by atoms with Gasteiger partial charge in [-0.3, -0.25) is 4.79 Å². The highest BCUT2D eigenvalue weighted by Crippen LogP contribution is 2.21. The molecule has 4 nitrogen and oxygen atoms in total. The Morgan fingerprint density at radius 3 is 2.48 bits per heavy atom. The van der Waals surface area contributed by atoms with Crippen LogP contribution in [0.4, 0.5) is 0 Å². The molecule has 0 bridgehead atoms. The molecule has 21 heavy (non-hydrogen) atoms. The van der Waals surface area contributed by atoms with Crippen molar-refractivity contribution in [2.75, 3.05) is 6.54 Å². The maximum atomic E-state index is 11.9. The summed E-state index contributed by atoms with van der Waals surface area (Å²) in [5, 5.41) is 12.6. The second kappa shape index (κ2) is 9.16. The van der Waals surface area contributed by atoms with Crippen molar-refractivity contribution in [3.63, 3.8) is 0 Å². The Balaban J connectivity index is 2.17. The normalized spacial score (nSPS) is 10.4. The van der Waals surface area contributed by atoms with Gasteiger partial charge in [0.2, 0.25) is 0 Å². The number of carbonyl (C=O) groups excluding carboxylic acids is 2. The van der Waals surface area contributed by atoms with Crippen molar-refractivity contribution in [1.29, 1.82) is 0 Å². The third-order valence-electron chi connectivity index (χ3n) is 3.47. The van der Waals surface area contributed by atoms with Gasteiger partial charge in [-0.25, -0.2) is 0 Å². The largest absolute Gasteiger partial charge is 0.507 e. The number of para-hydroxylation sites is 1. The first-order valence-corrected chi connectivity index (χ1v) is 7.58. The number of aryl methyl sites for hydroxylation is 1. The average molecular weight is 291 g/mol. The molecule has 0 unspecified atom stereocenters. The SMILES string of the molecule is CC(=O)CCCCCCCNC(=O)c1cccc(C)c1O. The average Bonchev–Trinajstić information content (AvgIpc) is 2.44. The highest BCUT2D eigenvalue weighted by molar-refractivity contribution is 5.97. The van der Waals surface area contributed by atoms with Crippen LogP contribution in [0.5, 0.6) is 5.75 Å². The number of unbranched alkanes of at least 4 members (excludes halogenated alkanes) is 4. The molecular formula is C17H25NO3. The number of hydrogen-bond acceptors (Lipinski definition) is 3. The van der Waals surface area contributed by atoms with Gasteiger partial charge in [-0.05, 0) is 38.3 Å². The van der Waals surface area contributed by atoms with Crippen LogP contribution in [0.2, 0.25) is 0 Å². The number of phenolic OH excluding ortho intramolecular Hbond substituents is 1. The van der Waals surface area contributed by atoms with Gasteiger partial charge in [0.1, 0.15) is 11.5 Å². The molecule has 0 atom stereocenters. The van der Waals surface area contributed by atoms with E-state index in [1.54, 1.807) is 32.0 Å². The molecule has 1 aromatic rings. The molecule has 0 spiro atoms. The molecule has 1 amide bonds. The molecule has 0 aromatic heterocycles. The molecule has 116 valence electrons. The molecular weight excluding hydrogens is 266 g/mol. The Kier molecular flexibility index (Phi) is 7.51. The Morgan fingerprint density at radius 2 is 1.76 bits per heavy atom. The summed E-state index contributed by atoms with van der Waals surface area (Å²) in [5.74, 6) is 0.0761. The van der Waals surface area contributed by atoms with Crippen LogP contribution in [-0.4, -0.2) is 23.3 Å². The highest BCUT2D eigenvalue weighted by Gasteiger charge is 2.11. The number of phenols is 1. The zero-order valence-corrected chi connectivity index (χ0v) is 12.9. The Hall–Kier alpha value is -1.84. The van der Waals surface area contributed by atoms with Gasteiger partial charge in [0.15, 0.2) is 0 Å². The minimum absolute atomic E-state index is 0.0548. The van der Waals surface area contributed by atoms with Gasteiger partial charge in [-0.2, -0.15) is 0 Å². The van der Waals surface area contributed by atoms with E-state index in [1.165, 1.54) is 0 Å². The standard InChI is InChI=1S/C17H25NO3/c1-13-9-8-11-15(16(13)20)17(21)18-12-7-5-3-4-6-10-14(2)19/h8-9,11,20H,3-7,10,12H2,1-2H3,(H,18,21). The zero-order chi connectivity index (χ0) is 15.7. The van der Waals surface area contributed by atoms with Gasteiger partial charge in [0, 0.05) is 13.0 Å². The number of benzene rings is 1. The van der Waals surface area contributed by atoms with Crippen molar-refractivity contribution < 1.29 is 14.7 Å². The van der Waals surface area contributed by atoms with Gasteiger partial charge in [-0.1, -0.05) is 31.4 Å². The fourth-order valence-corrected chi connectivity index (χ4v) is 2.17. The number of ketones is 1. The molecule has 0 aliphatic carbocycles. The van der Waals surface area contributed by atoms with E-state index in [0.717, 1.165) is 32.1 Å². The third-order valence-corrected chi connectivity index (χ3v) is 3.47. The van der Waals surface area contributed by atoms with Crippen LogP contribution in [0.15, 0.2) is 18.2 Å². The van der Waals surface area contributed by atoms with Gasteiger partial charge in [0.25, 0.3) is 5.91 Å². The smallest absolute Gasteiger partial charge is 0.255 e. The molecule has 4 heteroatoms. The summed E-state index contributed by atoms with van der Waals surface area (Å²) in [7, 11) is 0. The van der Waals surface area contributed by atoms with Crippen LogP contribution >= 0.6 is 0 Å². The van der Waals surface area contributed by atoms with Crippen LogP contribution in [-0.2, 0) is 4.79 Å². The summed E-state index contributed by atoms with van der Waals surface area (Å²) in [6.45, 7) is 4.00. The number of hydrogen-bond donors (Lipinski definition) is 2. The number of Topliss-reactive ketones (excluding diaryl/α,β-unsaturated/α-hetero) is 1. The molecule has 0 aliphatic rings. The third kappa shape index (κ3) is 6.43. The minimum Gasteiger partial charge on any atom is -0.507 e. The number of amides is 1. The Morgan fingerprint density at radius 1 is 1.10 bits per heavy atom. The van der Waals surface area contributed by atoms with Crippen molar-refractivity contribution >= 4 is 11.7 Å². The van der Waals surface area contributed by atoms with Gasteiger partial charge >= 0.3 is 0 Å². The first-order chi connectivity index (χ1) is 10.0. The maximum absolute atomic E-state index is 11.9. The quantitative estimate of drug-likeness (QED) is 0.686. The van der Waals surface area contributed by atoms with E-state index >= 15 is 0 Å². The molecule has 1 rings (SSSR count). The molecule has 0 aliphatic heterocycles.